The molecule has 32 heavy (non-hydrogen) atoms. The van der Waals surface area contributed by atoms with Crippen molar-refractivity contribution in [1.29, 1.82) is 0 Å². The lowest BCUT2D eigenvalue weighted by molar-refractivity contribution is -0.0552. The highest BCUT2D eigenvalue weighted by Crippen LogP contribution is 2.48. The SMILES string of the molecule is C[C@H]1C[C@H]2CSC(N)=N[C@@]2(C2SC=C(NC(=O)c3ncc(OC(F)F)cc3Cl)N2C)CO1. The second kappa shape index (κ2) is 9.24. The summed E-state index contributed by atoms with van der Waals surface area (Å²) in [7, 11) is 1.86. The third kappa shape index (κ3) is 4.50. The van der Waals surface area contributed by atoms with Gasteiger partial charge in [0.1, 0.15) is 28.2 Å². The molecule has 1 fully saturated rings. The fraction of sp³-hybridized carbons (Fsp3) is 0.526. The van der Waals surface area contributed by atoms with E-state index in [4.69, 9.17) is 27.1 Å². The number of fused-ring (bicyclic) bond motifs is 1. The zero-order valence-corrected chi connectivity index (χ0v) is 19.6. The molecule has 0 bridgehead atoms. The molecule has 174 valence electrons. The number of hydrogen-bond donors (Lipinski definition) is 2. The lowest BCUT2D eigenvalue weighted by atomic mass is 9.79. The minimum Gasteiger partial charge on any atom is -0.433 e. The van der Waals surface area contributed by atoms with Gasteiger partial charge in [-0.1, -0.05) is 23.4 Å². The molecule has 4 heterocycles. The van der Waals surface area contributed by atoms with Crippen molar-refractivity contribution in [2.75, 3.05) is 19.4 Å². The Labute approximate surface area is 197 Å². The van der Waals surface area contributed by atoms with Crippen LogP contribution < -0.4 is 15.8 Å². The lowest BCUT2D eigenvalue weighted by Crippen LogP contribution is -2.61. The molecule has 1 aromatic rings. The number of nitrogens with one attached hydrogen (secondary N) is 1. The number of nitrogens with zero attached hydrogens (tertiary/aromatic N) is 3. The second-order valence-electron chi connectivity index (χ2n) is 7.74. The number of aliphatic imine (C=N–C) groups is 1. The summed E-state index contributed by atoms with van der Waals surface area (Å²) in [6.07, 6.45) is 2.05. The Hall–Kier alpha value is -1.76. The Balaban J connectivity index is 1.49. The molecule has 0 aliphatic carbocycles. The van der Waals surface area contributed by atoms with Crippen LogP contribution in [-0.2, 0) is 4.74 Å². The maximum Gasteiger partial charge on any atom is 0.387 e. The Morgan fingerprint density at radius 3 is 3.03 bits per heavy atom. The highest BCUT2D eigenvalue weighted by atomic mass is 35.5. The van der Waals surface area contributed by atoms with E-state index in [1.807, 2.05) is 17.4 Å². The smallest absolute Gasteiger partial charge is 0.387 e. The molecule has 4 rings (SSSR count). The number of thioether (sulfide) groups is 2. The maximum absolute atomic E-state index is 12.8. The van der Waals surface area contributed by atoms with E-state index < -0.39 is 18.1 Å². The van der Waals surface area contributed by atoms with E-state index in [0.717, 1.165) is 24.4 Å². The van der Waals surface area contributed by atoms with Crippen LogP contribution in [0.4, 0.5) is 8.78 Å². The summed E-state index contributed by atoms with van der Waals surface area (Å²) < 4.78 is 35.0. The van der Waals surface area contributed by atoms with Crippen molar-refractivity contribution in [3.8, 4) is 5.75 Å². The van der Waals surface area contributed by atoms with Crippen LogP contribution in [0.3, 0.4) is 0 Å². The number of pyridine rings is 1. The van der Waals surface area contributed by atoms with E-state index >= 15 is 0 Å². The molecule has 8 nitrogen and oxygen atoms in total. The largest absolute Gasteiger partial charge is 0.433 e. The van der Waals surface area contributed by atoms with Gasteiger partial charge in [-0.2, -0.15) is 8.78 Å². The summed E-state index contributed by atoms with van der Waals surface area (Å²) in [4.78, 5) is 23.4. The number of carbonyl (C=O) groups is 1. The van der Waals surface area contributed by atoms with Crippen LogP contribution in [0.25, 0.3) is 0 Å². The molecule has 4 atom stereocenters. The summed E-state index contributed by atoms with van der Waals surface area (Å²) in [5, 5.41) is 4.94. The van der Waals surface area contributed by atoms with E-state index in [2.05, 4.69) is 22.0 Å². The van der Waals surface area contributed by atoms with E-state index in [-0.39, 0.29) is 33.9 Å². The Bertz CT molecular complexity index is 969. The number of ether oxygens (including phenoxy) is 2. The molecule has 0 aromatic carbocycles. The van der Waals surface area contributed by atoms with Crippen LogP contribution in [0.2, 0.25) is 5.02 Å². The monoisotopic (exact) mass is 505 g/mol. The molecule has 3 N–H and O–H groups in total. The van der Waals surface area contributed by atoms with Crippen LogP contribution in [0.15, 0.2) is 28.5 Å². The predicted octanol–water partition coefficient (Wildman–Crippen LogP) is 3.10. The van der Waals surface area contributed by atoms with Gasteiger partial charge in [0.15, 0.2) is 5.17 Å². The molecule has 0 saturated carbocycles. The average Bonchev–Trinajstić information content (AvgIpc) is 3.08. The summed E-state index contributed by atoms with van der Waals surface area (Å²) in [6.45, 7) is -0.514. The summed E-state index contributed by atoms with van der Waals surface area (Å²) in [5.41, 5.74) is 5.46. The summed E-state index contributed by atoms with van der Waals surface area (Å²) >= 11 is 9.16. The second-order valence-corrected chi connectivity index (χ2v) is 10.1. The summed E-state index contributed by atoms with van der Waals surface area (Å²) in [6, 6.07) is 1.13. The average molecular weight is 506 g/mol. The quantitative estimate of drug-likeness (QED) is 0.629. The molecular formula is C19H22ClF2N5O3S2. The number of alkyl halides is 2. The van der Waals surface area contributed by atoms with Gasteiger partial charge in [0.25, 0.3) is 5.91 Å². The third-order valence-electron chi connectivity index (χ3n) is 5.64. The first-order chi connectivity index (χ1) is 15.2. The van der Waals surface area contributed by atoms with E-state index in [1.54, 1.807) is 11.8 Å². The van der Waals surface area contributed by atoms with Crippen molar-refractivity contribution < 1.29 is 23.0 Å². The van der Waals surface area contributed by atoms with Crippen LogP contribution in [0.5, 0.6) is 5.75 Å². The highest BCUT2D eigenvalue weighted by molar-refractivity contribution is 8.13. The van der Waals surface area contributed by atoms with E-state index in [1.165, 1.54) is 11.8 Å². The fourth-order valence-electron chi connectivity index (χ4n) is 4.08. The molecule has 3 aliphatic rings. The van der Waals surface area contributed by atoms with E-state index in [0.29, 0.717) is 17.6 Å². The Kier molecular flexibility index (Phi) is 6.76. The van der Waals surface area contributed by atoms with Crippen molar-refractivity contribution in [3.05, 3.63) is 34.2 Å². The number of carbonyl (C=O) groups excluding carboxylic acids is 1. The first kappa shape index (κ1) is 23.4. The lowest BCUT2D eigenvalue weighted by Gasteiger charge is -2.50. The highest BCUT2D eigenvalue weighted by Gasteiger charge is 2.54. The van der Waals surface area contributed by atoms with Crippen LogP contribution in [0.1, 0.15) is 23.8 Å². The Morgan fingerprint density at radius 1 is 1.53 bits per heavy atom. The number of amides is 1. The van der Waals surface area contributed by atoms with Crippen LogP contribution in [-0.4, -0.2) is 64.0 Å². The molecule has 0 spiro atoms. The number of aromatic nitrogens is 1. The van der Waals surface area contributed by atoms with Crippen molar-refractivity contribution in [2.45, 2.75) is 37.0 Å². The topological polar surface area (TPSA) is 102 Å². The minimum atomic E-state index is -3.01. The molecular weight excluding hydrogens is 484 g/mol. The first-order valence-electron chi connectivity index (χ1n) is 9.79. The Morgan fingerprint density at radius 2 is 2.31 bits per heavy atom. The normalized spacial score (nSPS) is 29.9. The van der Waals surface area contributed by atoms with Gasteiger partial charge in [0.05, 0.1) is 23.9 Å². The van der Waals surface area contributed by atoms with Crippen molar-refractivity contribution in [3.63, 3.8) is 0 Å². The number of hydrogen-bond acceptors (Lipinski definition) is 9. The fourth-order valence-corrected chi connectivity index (χ4v) is 6.69. The van der Waals surface area contributed by atoms with Gasteiger partial charge in [-0.25, -0.2) is 4.98 Å². The standard InChI is InChI=1S/C19H22ClF2N5O3S2/c1-9-3-10-6-32-18(23)26-19(10,8-29-9)16-27(2)13(7-31-16)25-15(28)14-12(20)4-11(5-24-14)30-17(21)22/h4-5,7,9-10,16-17H,3,6,8H2,1-2H3,(H2,23,26)(H,25,28)/t9-,10-,16?,19-/m0/s1. The van der Waals surface area contributed by atoms with E-state index in [9.17, 15) is 13.6 Å². The molecule has 13 heteroatoms. The maximum atomic E-state index is 12.8. The third-order valence-corrected chi connectivity index (χ3v) is 8.22. The zero-order chi connectivity index (χ0) is 23.0. The molecule has 1 amide bonds. The molecule has 1 aromatic heterocycles. The van der Waals surface area contributed by atoms with Gasteiger partial charge in [0.2, 0.25) is 0 Å². The van der Waals surface area contributed by atoms with Gasteiger partial charge in [-0.05, 0) is 13.3 Å². The molecule has 1 saturated heterocycles. The van der Waals surface area contributed by atoms with Crippen molar-refractivity contribution >= 4 is 46.2 Å². The van der Waals surface area contributed by atoms with Gasteiger partial charge in [-0.3, -0.25) is 9.79 Å². The number of halogens is 3. The number of nitrogens with two attached hydrogens (primary N) is 1. The van der Waals surface area contributed by atoms with Gasteiger partial charge in [0, 0.05) is 30.2 Å². The number of likely N-dealkylation sites (N-methyl/N-ethyl adjacent to an activating group) is 1. The van der Waals surface area contributed by atoms with Gasteiger partial charge >= 0.3 is 6.61 Å². The van der Waals surface area contributed by atoms with Crippen molar-refractivity contribution in [1.82, 2.24) is 15.2 Å². The van der Waals surface area contributed by atoms with Gasteiger partial charge in [-0.15, -0.1) is 11.8 Å². The van der Waals surface area contributed by atoms with Crippen LogP contribution in [0, 0.1) is 5.92 Å². The number of amidine groups is 1. The predicted molar refractivity (Wildman–Crippen MR) is 121 cm³/mol. The van der Waals surface area contributed by atoms with Gasteiger partial charge < -0.3 is 25.4 Å². The molecule has 1 unspecified atom stereocenters. The zero-order valence-electron chi connectivity index (χ0n) is 17.3. The molecule has 0 radical (unpaired) electrons. The van der Waals surface area contributed by atoms with Crippen molar-refractivity contribution in [2.24, 2.45) is 16.6 Å². The summed E-state index contributed by atoms with van der Waals surface area (Å²) in [5.74, 6) is 0.904. The minimum absolute atomic E-state index is 0.0962. The number of rotatable bonds is 5. The first-order valence-corrected chi connectivity index (χ1v) is 12.1. The molecule has 3 aliphatic heterocycles. The van der Waals surface area contributed by atoms with Crippen LogP contribution >= 0.6 is 35.1 Å².